The molecule has 0 aromatic heterocycles. The van der Waals surface area contributed by atoms with Gasteiger partial charge in [0.2, 0.25) is 0 Å². The van der Waals surface area contributed by atoms with Crippen molar-refractivity contribution in [3.63, 3.8) is 0 Å². The van der Waals surface area contributed by atoms with Crippen molar-refractivity contribution in [2.75, 3.05) is 26.2 Å². The topological polar surface area (TPSA) is 32.7 Å². The van der Waals surface area contributed by atoms with Crippen LogP contribution in [0.2, 0.25) is 0 Å². The number of rotatable bonds is 6. The van der Waals surface area contributed by atoms with Crippen molar-refractivity contribution in [1.82, 2.24) is 4.90 Å². The summed E-state index contributed by atoms with van der Waals surface area (Å²) < 4.78 is 5.65. The normalized spacial score (nSPS) is 18.9. The Morgan fingerprint density at radius 3 is 2.50 bits per heavy atom. The number of benzene rings is 1. The van der Waals surface area contributed by atoms with Crippen LogP contribution >= 0.6 is 0 Å². The molecule has 0 aliphatic carbocycles. The molecule has 1 heterocycles. The van der Waals surface area contributed by atoms with Crippen LogP contribution in [0.4, 0.5) is 0 Å². The van der Waals surface area contributed by atoms with E-state index in [9.17, 15) is 5.11 Å². The Hall–Kier alpha value is -1.06. The zero-order chi connectivity index (χ0) is 14.4. The molecule has 1 N–H and O–H groups in total. The lowest BCUT2D eigenvalue weighted by molar-refractivity contribution is 0.0563. The number of hydrogen-bond donors (Lipinski definition) is 1. The summed E-state index contributed by atoms with van der Waals surface area (Å²) in [5, 5.41) is 10.1. The Labute approximate surface area is 122 Å². The van der Waals surface area contributed by atoms with Crippen LogP contribution in [0.1, 0.15) is 32.3 Å². The molecule has 1 aliphatic rings. The van der Waals surface area contributed by atoms with Gasteiger partial charge in [-0.3, -0.25) is 0 Å². The molecule has 1 aromatic rings. The summed E-state index contributed by atoms with van der Waals surface area (Å²) in [6.07, 6.45) is 3.11. The van der Waals surface area contributed by atoms with E-state index in [1.807, 2.05) is 12.1 Å². The highest BCUT2D eigenvalue weighted by Crippen LogP contribution is 2.16. The van der Waals surface area contributed by atoms with Gasteiger partial charge in [0.15, 0.2) is 0 Å². The number of piperidine rings is 1. The largest absolute Gasteiger partial charge is 0.491 e. The van der Waals surface area contributed by atoms with Crippen LogP contribution in [0.3, 0.4) is 0 Å². The lowest BCUT2D eigenvalue weighted by Crippen LogP contribution is -2.40. The third kappa shape index (κ3) is 4.80. The Bertz CT molecular complexity index is 382. The minimum Gasteiger partial charge on any atom is -0.491 e. The van der Waals surface area contributed by atoms with Crippen LogP contribution in [0.25, 0.3) is 0 Å². The Morgan fingerprint density at radius 1 is 1.25 bits per heavy atom. The van der Waals surface area contributed by atoms with E-state index in [4.69, 9.17) is 4.74 Å². The fourth-order valence-corrected chi connectivity index (χ4v) is 2.61. The number of aliphatic hydroxyl groups is 1. The van der Waals surface area contributed by atoms with Gasteiger partial charge in [-0.2, -0.15) is 0 Å². The minimum absolute atomic E-state index is 0.373. The van der Waals surface area contributed by atoms with Crippen LogP contribution in [-0.4, -0.2) is 42.4 Å². The second kappa shape index (κ2) is 7.65. The van der Waals surface area contributed by atoms with Gasteiger partial charge in [-0.15, -0.1) is 0 Å². The predicted octanol–water partition coefficient (Wildman–Crippen LogP) is 2.72. The smallest absolute Gasteiger partial charge is 0.119 e. The van der Waals surface area contributed by atoms with Gasteiger partial charge < -0.3 is 14.7 Å². The van der Waals surface area contributed by atoms with E-state index in [0.29, 0.717) is 6.61 Å². The lowest BCUT2D eigenvalue weighted by Gasteiger charge is -2.31. The third-order valence-corrected chi connectivity index (χ3v) is 4.12. The van der Waals surface area contributed by atoms with Gasteiger partial charge in [0.1, 0.15) is 18.5 Å². The molecular formula is C17H27NO2. The summed E-state index contributed by atoms with van der Waals surface area (Å²) in [6.45, 7) is 7.74. The zero-order valence-corrected chi connectivity index (χ0v) is 12.7. The number of likely N-dealkylation sites (tertiary alicyclic amines) is 1. The monoisotopic (exact) mass is 277 g/mol. The summed E-state index contributed by atoms with van der Waals surface area (Å²) in [7, 11) is 0. The van der Waals surface area contributed by atoms with Crippen molar-refractivity contribution in [3.05, 3.63) is 29.8 Å². The van der Waals surface area contributed by atoms with Crippen LogP contribution in [0, 0.1) is 5.92 Å². The molecule has 20 heavy (non-hydrogen) atoms. The van der Waals surface area contributed by atoms with E-state index < -0.39 is 6.10 Å². The van der Waals surface area contributed by atoms with Gasteiger partial charge in [0, 0.05) is 6.54 Å². The van der Waals surface area contributed by atoms with E-state index in [0.717, 1.165) is 37.7 Å². The highest BCUT2D eigenvalue weighted by Gasteiger charge is 2.18. The molecule has 0 unspecified atom stereocenters. The third-order valence-electron chi connectivity index (χ3n) is 4.12. The first-order valence-corrected chi connectivity index (χ1v) is 7.79. The maximum absolute atomic E-state index is 10.1. The first kappa shape index (κ1) is 15.3. The Balaban J connectivity index is 1.70. The summed E-state index contributed by atoms with van der Waals surface area (Å²) in [4.78, 5) is 2.34. The number of aryl methyl sites for hydroxylation is 1. The number of nitrogens with zero attached hydrogens (tertiary/aromatic N) is 1. The zero-order valence-electron chi connectivity index (χ0n) is 12.7. The molecule has 1 atom stereocenters. The van der Waals surface area contributed by atoms with Gasteiger partial charge in [-0.25, -0.2) is 0 Å². The standard InChI is InChI=1S/C17H27NO2/c1-3-15-4-6-17(7-5-15)20-13-16(19)12-18-10-8-14(2)9-11-18/h4-7,14,16,19H,3,8-13H2,1-2H3/t16-/m1/s1. The summed E-state index contributed by atoms with van der Waals surface area (Å²) in [5.41, 5.74) is 1.31. The molecule has 1 aromatic carbocycles. The molecule has 1 fully saturated rings. The molecule has 0 spiro atoms. The Kier molecular flexibility index (Phi) is 5.86. The van der Waals surface area contributed by atoms with E-state index in [2.05, 4.69) is 30.9 Å². The molecule has 0 bridgehead atoms. The molecule has 3 heteroatoms. The van der Waals surface area contributed by atoms with Crippen molar-refractivity contribution in [2.45, 2.75) is 39.2 Å². The fraction of sp³-hybridized carbons (Fsp3) is 0.647. The van der Waals surface area contributed by atoms with Crippen molar-refractivity contribution in [1.29, 1.82) is 0 Å². The summed E-state index contributed by atoms with van der Waals surface area (Å²) >= 11 is 0. The number of β-amino-alcohol motifs (C(OH)–C–C–N with tert-alkyl or cyclic N) is 1. The molecule has 0 radical (unpaired) electrons. The second-order valence-electron chi connectivity index (χ2n) is 5.95. The highest BCUT2D eigenvalue weighted by molar-refractivity contribution is 5.27. The van der Waals surface area contributed by atoms with Crippen molar-refractivity contribution in [3.8, 4) is 5.75 Å². The molecule has 2 rings (SSSR count). The SMILES string of the molecule is CCc1ccc(OC[C@H](O)CN2CCC(C)CC2)cc1. The van der Waals surface area contributed by atoms with E-state index in [1.165, 1.54) is 18.4 Å². The van der Waals surface area contributed by atoms with Gasteiger partial charge >= 0.3 is 0 Å². The molecular weight excluding hydrogens is 250 g/mol. The number of ether oxygens (including phenoxy) is 1. The molecule has 112 valence electrons. The van der Waals surface area contributed by atoms with Crippen LogP contribution < -0.4 is 4.74 Å². The molecule has 3 nitrogen and oxygen atoms in total. The van der Waals surface area contributed by atoms with Crippen LogP contribution in [-0.2, 0) is 6.42 Å². The van der Waals surface area contributed by atoms with Crippen molar-refractivity contribution < 1.29 is 9.84 Å². The van der Waals surface area contributed by atoms with Gasteiger partial charge in [-0.05, 0) is 56.0 Å². The second-order valence-corrected chi connectivity index (χ2v) is 5.95. The maximum Gasteiger partial charge on any atom is 0.119 e. The van der Waals surface area contributed by atoms with E-state index in [-0.39, 0.29) is 0 Å². The molecule has 1 aliphatic heterocycles. The number of aliphatic hydroxyl groups excluding tert-OH is 1. The van der Waals surface area contributed by atoms with E-state index >= 15 is 0 Å². The molecule has 1 saturated heterocycles. The van der Waals surface area contributed by atoms with Gasteiger partial charge in [0.05, 0.1) is 0 Å². The number of hydrogen-bond acceptors (Lipinski definition) is 3. The summed E-state index contributed by atoms with van der Waals surface area (Å²) in [6, 6.07) is 8.11. The highest BCUT2D eigenvalue weighted by atomic mass is 16.5. The fourth-order valence-electron chi connectivity index (χ4n) is 2.61. The average Bonchev–Trinajstić information content (AvgIpc) is 2.48. The Morgan fingerprint density at radius 2 is 1.90 bits per heavy atom. The van der Waals surface area contributed by atoms with Crippen molar-refractivity contribution in [2.24, 2.45) is 5.92 Å². The maximum atomic E-state index is 10.1. The predicted molar refractivity (Wildman–Crippen MR) is 82.2 cm³/mol. The van der Waals surface area contributed by atoms with Crippen LogP contribution in [0.5, 0.6) is 5.75 Å². The van der Waals surface area contributed by atoms with Crippen molar-refractivity contribution >= 4 is 0 Å². The first-order valence-electron chi connectivity index (χ1n) is 7.79. The quantitative estimate of drug-likeness (QED) is 0.868. The minimum atomic E-state index is -0.408. The first-order chi connectivity index (χ1) is 9.67. The molecule has 0 amide bonds. The van der Waals surface area contributed by atoms with Gasteiger partial charge in [-0.1, -0.05) is 26.0 Å². The van der Waals surface area contributed by atoms with E-state index in [1.54, 1.807) is 0 Å². The average molecular weight is 277 g/mol. The van der Waals surface area contributed by atoms with Crippen LogP contribution in [0.15, 0.2) is 24.3 Å². The molecule has 0 saturated carbocycles. The summed E-state index contributed by atoms with van der Waals surface area (Å²) in [5.74, 6) is 1.67. The van der Waals surface area contributed by atoms with Gasteiger partial charge in [0.25, 0.3) is 0 Å². The lowest BCUT2D eigenvalue weighted by atomic mass is 9.99.